The van der Waals surface area contributed by atoms with Gasteiger partial charge in [-0.15, -0.1) is 0 Å². The topological polar surface area (TPSA) is 133 Å². The normalized spacial score (nSPS) is 10.4. The molecule has 0 aliphatic heterocycles. The second-order valence-corrected chi connectivity index (χ2v) is 4.15. The molecule has 0 unspecified atom stereocenters. The fourth-order valence-corrected chi connectivity index (χ4v) is 0.989. The Morgan fingerprint density at radius 2 is 1.24 bits per heavy atom. The Morgan fingerprint density at radius 3 is 1.29 bits per heavy atom. The smallest absolute Gasteiger partial charge is 0.726 e. The first-order chi connectivity index (χ1) is 6.62. The van der Waals surface area contributed by atoms with Gasteiger partial charge in [0, 0.05) is 0 Å². The summed E-state index contributed by atoms with van der Waals surface area (Å²) in [5.74, 6) is 0. The van der Waals surface area contributed by atoms with Gasteiger partial charge >= 0.3 is 59.1 Å². The van der Waals surface area contributed by atoms with E-state index in [9.17, 15) is 25.9 Å². The zero-order valence-corrected chi connectivity index (χ0v) is 15.8. The van der Waals surface area contributed by atoms with Crippen LogP contribution in [0.2, 0.25) is 0 Å². The van der Waals surface area contributed by atoms with Crippen LogP contribution >= 0.6 is 0 Å². The molecule has 0 saturated heterocycles. The standard InChI is InChI=1S/C3H8O4S.C2H6O4S.2Na/c1-2-3-7-8(4,5)6;1-2-6-7(3,4)5;;/h2-3H2,1H3,(H,4,5,6);2H2,1H3,(H,3,4,5);;/q;;2*+1/p-2. The van der Waals surface area contributed by atoms with E-state index in [0.717, 1.165) is 0 Å². The van der Waals surface area contributed by atoms with E-state index >= 15 is 0 Å². The van der Waals surface area contributed by atoms with Crippen LogP contribution in [0, 0.1) is 0 Å². The molecule has 12 heteroatoms. The first kappa shape index (κ1) is 27.1. The van der Waals surface area contributed by atoms with Crippen LogP contribution in [0.1, 0.15) is 20.3 Å². The molecule has 0 bridgehead atoms. The van der Waals surface area contributed by atoms with Gasteiger partial charge in [0.2, 0.25) is 20.8 Å². The quantitative estimate of drug-likeness (QED) is 0.278. The van der Waals surface area contributed by atoms with Gasteiger partial charge < -0.3 is 9.11 Å². The molecule has 0 aliphatic rings. The van der Waals surface area contributed by atoms with E-state index in [4.69, 9.17) is 0 Å². The zero-order chi connectivity index (χ0) is 12.5. The molecular weight excluding hydrogens is 298 g/mol. The van der Waals surface area contributed by atoms with Crippen molar-refractivity contribution >= 4 is 20.8 Å². The van der Waals surface area contributed by atoms with Crippen LogP contribution in [0.25, 0.3) is 0 Å². The van der Waals surface area contributed by atoms with Crippen LogP contribution < -0.4 is 59.1 Å². The monoisotopic (exact) mass is 310 g/mol. The van der Waals surface area contributed by atoms with Crippen molar-refractivity contribution in [2.24, 2.45) is 0 Å². The van der Waals surface area contributed by atoms with Crippen LogP contribution in [0.5, 0.6) is 0 Å². The molecule has 0 rings (SSSR count). The van der Waals surface area contributed by atoms with Crippen LogP contribution in [-0.4, -0.2) is 39.2 Å². The molecule has 17 heavy (non-hydrogen) atoms. The fourth-order valence-electron chi connectivity index (χ4n) is 0.330. The minimum atomic E-state index is -4.44. The van der Waals surface area contributed by atoms with Crippen molar-refractivity contribution in [1.29, 1.82) is 0 Å². The van der Waals surface area contributed by atoms with Crippen molar-refractivity contribution in [3.8, 4) is 0 Å². The molecule has 0 saturated carbocycles. The summed E-state index contributed by atoms with van der Waals surface area (Å²) in [6, 6.07) is 0. The van der Waals surface area contributed by atoms with Crippen molar-refractivity contribution in [3.05, 3.63) is 0 Å². The van der Waals surface area contributed by atoms with Crippen molar-refractivity contribution in [2.45, 2.75) is 20.3 Å². The third-order valence-electron chi connectivity index (χ3n) is 0.694. The first-order valence-corrected chi connectivity index (χ1v) is 6.49. The molecule has 0 aromatic carbocycles. The molecule has 8 nitrogen and oxygen atoms in total. The van der Waals surface area contributed by atoms with Crippen molar-refractivity contribution in [1.82, 2.24) is 0 Å². The SMILES string of the molecule is CCCOS(=O)(=O)[O-].CCOS(=O)(=O)[O-].[Na+].[Na+]. The summed E-state index contributed by atoms with van der Waals surface area (Å²) in [5.41, 5.74) is 0. The molecule has 0 heterocycles. The van der Waals surface area contributed by atoms with E-state index in [1.807, 2.05) is 0 Å². The van der Waals surface area contributed by atoms with Gasteiger partial charge in [-0.05, 0) is 13.3 Å². The molecule has 0 radical (unpaired) electrons. The maximum absolute atomic E-state index is 9.61. The largest absolute Gasteiger partial charge is 1.00 e. The second kappa shape index (κ2) is 14.2. The van der Waals surface area contributed by atoms with Gasteiger partial charge in [-0.25, -0.2) is 16.8 Å². The van der Waals surface area contributed by atoms with E-state index in [1.54, 1.807) is 6.92 Å². The molecule has 94 valence electrons. The Kier molecular flexibility index (Phi) is 22.6. The van der Waals surface area contributed by atoms with Crippen molar-refractivity contribution in [2.75, 3.05) is 13.2 Å². The van der Waals surface area contributed by atoms with Gasteiger partial charge in [0.05, 0.1) is 13.2 Å². The minimum absolute atomic E-state index is 0. The fraction of sp³-hybridized carbons (Fsp3) is 1.00. The Labute approximate surface area is 146 Å². The average Bonchev–Trinajstić information content (AvgIpc) is 1.98. The Bertz CT molecular complexity index is 337. The van der Waals surface area contributed by atoms with Gasteiger partial charge in [-0.2, -0.15) is 0 Å². The Balaban J connectivity index is -0.0000000896. The summed E-state index contributed by atoms with van der Waals surface area (Å²) in [4.78, 5) is 0. The summed E-state index contributed by atoms with van der Waals surface area (Å²) in [7, 11) is -8.86. The number of hydrogen-bond acceptors (Lipinski definition) is 8. The zero-order valence-electron chi connectivity index (χ0n) is 10.2. The summed E-state index contributed by atoms with van der Waals surface area (Å²) in [5, 5.41) is 0. The molecule has 0 aromatic rings. The van der Waals surface area contributed by atoms with E-state index in [2.05, 4.69) is 8.37 Å². The molecule has 0 atom stereocenters. The molecule has 0 amide bonds. The second-order valence-electron chi connectivity index (χ2n) is 2.04. The molecule has 0 aromatic heterocycles. The van der Waals surface area contributed by atoms with E-state index in [1.165, 1.54) is 6.92 Å². The van der Waals surface area contributed by atoms with Crippen LogP contribution in [0.4, 0.5) is 0 Å². The third-order valence-corrected chi connectivity index (χ3v) is 1.67. The van der Waals surface area contributed by atoms with Gasteiger partial charge in [0.25, 0.3) is 0 Å². The van der Waals surface area contributed by atoms with Gasteiger partial charge in [0.1, 0.15) is 0 Å². The van der Waals surface area contributed by atoms with Gasteiger partial charge in [-0.1, -0.05) is 6.92 Å². The van der Waals surface area contributed by atoms with Crippen LogP contribution in [0.15, 0.2) is 0 Å². The first-order valence-electron chi connectivity index (χ1n) is 3.82. The minimum Gasteiger partial charge on any atom is -0.726 e. The number of rotatable bonds is 5. The van der Waals surface area contributed by atoms with Crippen LogP contribution in [-0.2, 0) is 29.2 Å². The van der Waals surface area contributed by atoms with Gasteiger partial charge in [-0.3, -0.25) is 8.37 Å². The van der Waals surface area contributed by atoms with E-state index in [-0.39, 0.29) is 72.3 Å². The Hall–Kier alpha value is 1.74. The third kappa shape index (κ3) is 38.1. The summed E-state index contributed by atoms with van der Waals surface area (Å²) in [6.45, 7) is 3.03. The molecule has 0 fully saturated rings. The van der Waals surface area contributed by atoms with Crippen molar-refractivity contribution in [3.63, 3.8) is 0 Å². The van der Waals surface area contributed by atoms with E-state index < -0.39 is 20.8 Å². The molecule has 0 spiro atoms. The predicted octanol–water partition coefficient (Wildman–Crippen LogP) is -6.64. The summed E-state index contributed by atoms with van der Waals surface area (Å²) < 4.78 is 64.6. The van der Waals surface area contributed by atoms with Crippen molar-refractivity contribution < 1.29 is 93.4 Å². The van der Waals surface area contributed by atoms with Crippen LogP contribution in [0.3, 0.4) is 0 Å². The summed E-state index contributed by atoms with van der Waals surface area (Å²) >= 11 is 0. The molecular formula is C5H12Na2O8S2. The molecule has 0 N–H and O–H groups in total. The Morgan fingerprint density at radius 1 is 0.882 bits per heavy atom. The predicted molar refractivity (Wildman–Crippen MR) is 47.3 cm³/mol. The maximum atomic E-state index is 9.61. The van der Waals surface area contributed by atoms with Gasteiger partial charge in [0.15, 0.2) is 0 Å². The molecule has 0 aliphatic carbocycles. The number of hydrogen-bond donors (Lipinski definition) is 0. The van der Waals surface area contributed by atoms with E-state index in [0.29, 0.717) is 6.42 Å². The maximum Gasteiger partial charge on any atom is 1.00 e. The summed E-state index contributed by atoms with van der Waals surface area (Å²) in [6.07, 6.45) is 0.529. The average molecular weight is 310 g/mol.